The smallest absolute Gasteiger partial charge is 0.315 e. The number of carbonyl (C=O) groups excluding carboxylic acids is 1. The summed E-state index contributed by atoms with van der Waals surface area (Å²) < 4.78 is 4.94. The Labute approximate surface area is 133 Å². The number of nitrogens with zero attached hydrogens (tertiary/aromatic N) is 3. The second kappa shape index (κ2) is 7.35. The highest BCUT2D eigenvalue weighted by atomic mass is 32.1. The summed E-state index contributed by atoms with van der Waals surface area (Å²) >= 11 is 1.67. The maximum absolute atomic E-state index is 11.9. The predicted octanol–water partition coefficient (Wildman–Crippen LogP) is 2.44. The Morgan fingerprint density at radius 3 is 2.64 bits per heavy atom. The van der Waals surface area contributed by atoms with Gasteiger partial charge in [0.15, 0.2) is 5.82 Å². The van der Waals surface area contributed by atoms with Crippen LogP contribution in [-0.4, -0.2) is 27.7 Å². The van der Waals surface area contributed by atoms with Crippen molar-refractivity contribution in [2.45, 2.75) is 46.6 Å². The van der Waals surface area contributed by atoms with Gasteiger partial charge in [0.05, 0.1) is 16.7 Å². The standard InChI is InChI=1S/C14H21N5O2S/c1-5-11(13-17-10(4)21-19-13)18-14(20)15-7-6-12-16-8(2)9(3)22-12/h11H,5-7H2,1-4H3,(H2,15,18,20)/t11-/m0/s1. The monoisotopic (exact) mass is 323 g/mol. The van der Waals surface area contributed by atoms with Crippen LogP contribution in [0.25, 0.3) is 0 Å². The first-order valence-corrected chi connectivity index (χ1v) is 8.08. The summed E-state index contributed by atoms with van der Waals surface area (Å²) in [5.41, 5.74) is 1.06. The van der Waals surface area contributed by atoms with Gasteiger partial charge in [0.2, 0.25) is 5.89 Å². The Morgan fingerprint density at radius 1 is 1.32 bits per heavy atom. The lowest BCUT2D eigenvalue weighted by molar-refractivity contribution is 0.236. The van der Waals surface area contributed by atoms with Crippen LogP contribution in [0.5, 0.6) is 0 Å². The highest BCUT2D eigenvalue weighted by molar-refractivity contribution is 7.11. The van der Waals surface area contributed by atoms with E-state index in [-0.39, 0.29) is 12.1 Å². The number of aromatic nitrogens is 3. The van der Waals surface area contributed by atoms with Crippen LogP contribution in [0.3, 0.4) is 0 Å². The molecule has 0 aliphatic carbocycles. The van der Waals surface area contributed by atoms with Crippen molar-refractivity contribution < 1.29 is 9.32 Å². The van der Waals surface area contributed by atoms with Crippen molar-refractivity contribution in [1.82, 2.24) is 25.8 Å². The van der Waals surface area contributed by atoms with E-state index in [4.69, 9.17) is 4.52 Å². The molecule has 2 aromatic rings. The Morgan fingerprint density at radius 2 is 2.09 bits per heavy atom. The predicted molar refractivity (Wildman–Crippen MR) is 83.9 cm³/mol. The molecule has 0 aromatic carbocycles. The summed E-state index contributed by atoms with van der Waals surface area (Å²) in [5.74, 6) is 0.992. The molecule has 7 nitrogen and oxygen atoms in total. The van der Waals surface area contributed by atoms with E-state index in [0.29, 0.717) is 24.7 Å². The van der Waals surface area contributed by atoms with E-state index < -0.39 is 0 Å². The van der Waals surface area contributed by atoms with Gasteiger partial charge in [-0.25, -0.2) is 9.78 Å². The van der Waals surface area contributed by atoms with Gasteiger partial charge in [0, 0.05) is 24.8 Å². The molecular weight excluding hydrogens is 302 g/mol. The molecule has 0 fully saturated rings. The van der Waals surface area contributed by atoms with Crippen LogP contribution in [-0.2, 0) is 6.42 Å². The zero-order valence-corrected chi connectivity index (χ0v) is 14.1. The minimum Gasteiger partial charge on any atom is -0.340 e. The minimum absolute atomic E-state index is 0.237. The van der Waals surface area contributed by atoms with Crippen molar-refractivity contribution in [3.05, 3.63) is 27.3 Å². The fraction of sp³-hybridized carbons (Fsp3) is 0.571. The number of aryl methyl sites for hydroxylation is 3. The van der Waals surface area contributed by atoms with Gasteiger partial charge in [-0.1, -0.05) is 12.1 Å². The molecule has 0 saturated carbocycles. The Kier molecular flexibility index (Phi) is 5.48. The van der Waals surface area contributed by atoms with Crippen LogP contribution in [0.2, 0.25) is 0 Å². The van der Waals surface area contributed by atoms with E-state index in [1.165, 1.54) is 4.88 Å². The highest BCUT2D eigenvalue weighted by Gasteiger charge is 2.17. The number of rotatable bonds is 6. The van der Waals surface area contributed by atoms with Gasteiger partial charge in [-0.3, -0.25) is 0 Å². The zero-order valence-electron chi connectivity index (χ0n) is 13.3. The fourth-order valence-corrected chi connectivity index (χ4v) is 2.88. The van der Waals surface area contributed by atoms with Gasteiger partial charge >= 0.3 is 6.03 Å². The molecule has 0 aliphatic heterocycles. The highest BCUT2D eigenvalue weighted by Crippen LogP contribution is 2.16. The molecule has 0 saturated heterocycles. The number of nitrogens with one attached hydrogen (secondary N) is 2. The minimum atomic E-state index is -0.248. The maximum atomic E-state index is 11.9. The van der Waals surface area contributed by atoms with Crippen LogP contribution in [0.15, 0.2) is 4.52 Å². The Balaban J connectivity index is 1.79. The molecule has 22 heavy (non-hydrogen) atoms. The third kappa shape index (κ3) is 4.27. The van der Waals surface area contributed by atoms with Crippen LogP contribution in [0.4, 0.5) is 4.79 Å². The molecule has 8 heteroatoms. The lowest BCUT2D eigenvalue weighted by atomic mass is 10.2. The number of carbonyl (C=O) groups is 1. The van der Waals surface area contributed by atoms with Gasteiger partial charge in [0.25, 0.3) is 0 Å². The van der Waals surface area contributed by atoms with Gasteiger partial charge in [-0.2, -0.15) is 4.98 Å². The summed E-state index contributed by atoms with van der Waals surface area (Å²) in [6.07, 6.45) is 1.42. The van der Waals surface area contributed by atoms with Gasteiger partial charge in [0.1, 0.15) is 0 Å². The first kappa shape index (κ1) is 16.4. The lowest BCUT2D eigenvalue weighted by Gasteiger charge is -2.13. The van der Waals surface area contributed by atoms with Crippen LogP contribution in [0.1, 0.15) is 46.7 Å². The SMILES string of the molecule is CC[C@H](NC(=O)NCCc1nc(C)c(C)s1)c1noc(C)n1. The average molecular weight is 323 g/mol. The number of urea groups is 1. The topological polar surface area (TPSA) is 92.9 Å². The molecular formula is C14H21N5O2S. The molecule has 0 bridgehead atoms. The molecule has 2 heterocycles. The number of hydrogen-bond donors (Lipinski definition) is 2. The van der Waals surface area contributed by atoms with Crippen molar-refractivity contribution in [3.8, 4) is 0 Å². The third-order valence-electron chi connectivity index (χ3n) is 3.27. The fourth-order valence-electron chi connectivity index (χ4n) is 1.94. The van der Waals surface area contributed by atoms with Crippen molar-refractivity contribution in [3.63, 3.8) is 0 Å². The molecule has 2 amide bonds. The van der Waals surface area contributed by atoms with Gasteiger partial charge in [-0.05, 0) is 20.3 Å². The first-order valence-electron chi connectivity index (χ1n) is 7.27. The molecule has 1 atom stereocenters. The van der Waals surface area contributed by atoms with E-state index in [9.17, 15) is 4.79 Å². The zero-order chi connectivity index (χ0) is 16.1. The summed E-state index contributed by atoms with van der Waals surface area (Å²) in [4.78, 5) is 21.7. The summed E-state index contributed by atoms with van der Waals surface area (Å²) in [6, 6.07) is -0.485. The van der Waals surface area contributed by atoms with Crippen LogP contribution in [0, 0.1) is 20.8 Å². The number of hydrogen-bond acceptors (Lipinski definition) is 6. The second-order valence-electron chi connectivity index (χ2n) is 5.03. The Hall–Kier alpha value is -1.96. The van der Waals surface area contributed by atoms with E-state index in [1.807, 2.05) is 13.8 Å². The second-order valence-corrected chi connectivity index (χ2v) is 6.32. The quantitative estimate of drug-likeness (QED) is 0.851. The first-order chi connectivity index (χ1) is 10.5. The van der Waals surface area contributed by atoms with Crippen LogP contribution < -0.4 is 10.6 Å². The van der Waals surface area contributed by atoms with Crippen molar-refractivity contribution in [1.29, 1.82) is 0 Å². The lowest BCUT2D eigenvalue weighted by Crippen LogP contribution is -2.39. The van der Waals surface area contributed by atoms with Crippen molar-refractivity contribution in [2.75, 3.05) is 6.54 Å². The molecule has 120 valence electrons. The summed E-state index contributed by atoms with van der Waals surface area (Å²) in [6.45, 7) is 8.27. The molecule has 0 radical (unpaired) electrons. The Bertz CT molecular complexity index is 617. The number of thiazole rings is 1. The summed E-state index contributed by atoms with van der Waals surface area (Å²) in [7, 11) is 0. The van der Waals surface area contributed by atoms with Crippen LogP contribution >= 0.6 is 11.3 Å². The van der Waals surface area contributed by atoms with E-state index in [0.717, 1.165) is 17.1 Å². The van der Waals surface area contributed by atoms with Gasteiger partial charge in [-0.15, -0.1) is 11.3 Å². The molecule has 2 rings (SSSR count). The van der Waals surface area contributed by atoms with Gasteiger partial charge < -0.3 is 15.2 Å². The normalized spacial score (nSPS) is 12.2. The molecule has 2 N–H and O–H groups in total. The maximum Gasteiger partial charge on any atom is 0.315 e. The largest absolute Gasteiger partial charge is 0.340 e. The van der Waals surface area contributed by atoms with Crippen molar-refractivity contribution in [2.24, 2.45) is 0 Å². The van der Waals surface area contributed by atoms with E-state index in [2.05, 4.69) is 32.7 Å². The molecule has 0 spiro atoms. The average Bonchev–Trinajstić information content (AvgIpc) is 3.03. The molecule has 2 aromatic heterocycles. The third-order valence-corrected chi connectivity index (χ3v) is 4.40. The summed E-state index contributed by atoms with van der Waals surface area (Å²) in [5, 5.41) is 10.6. The molecule has 0 unspecified atom stereocenters. The van der Waals surface area contributed by atoms with E-state index >= 15 is 0 Å². The van der Waals surface area contributed by atoms with E-state index in [1.54, 1.807) is 18.3 Å². The molecule has 0 aliphatic rings. The van der Waals surface area contributed by atoms with Crippen molar-refractivity contribution >= 4 is 17.4 Å². The number of amides is 2.